The third-order valence-electron chi connectivity index (χ3n) is 4.46. The number of halogens is 3. The van der Waals surface area contributed by atoms with E-state index in [4.69, 9.17) is 9.31 Å². The molecule has 1 aromatic rings. The van der Waals surface area contributed by atoms with Gasteiger partial charge in [-0.25, -0.2) is 0 Å². The van der Waals surface area contributed by atoms with Gasteiger partial charge in [-0.15, -0.1) is 0 Å². The van der Waals surface area contributed by atoms with E-state index in [-0.39, 0.29) is 16.6 Å². The lowest BCUT2D eigenvalue weighted by atomic mass is 9.78. The number of alkyl halides is 3. The Kier molecular flexibility index (Phi) is 5.94. The van der Waals surface area contributed by atoms with Crippen molar-refractivity contribution in [2.24, 2.45) is 0 Å². The first kappa shape index (κ1) is 21.0. The van der Waals surface area contributed by atoms with E-state index in [2.05, 4.69) is 4.98 Å². The van der Waals surface area contributed by atoms with Gasteiger partial charge in [0.05, 0.1) is 22.5 Å². The smallest absolute Gasteiger partial charge is 0.400 e. The predicted molar refractivity (Wildman–Crippen MR) is 96.4 cm³/mol. The number of carbonyl (C=O) groups is 1. The van der Waals surface area contributed by atoms with Crippen LogP contribution in [0.2, 0.25) is 0 Å². The highest BCUT2D eigenvalue weighted by Crippen LogP contribution is 2.40. The standard InChI is InChI=1S/C17H21BF3NO3S/c1-11(23)26-10-12(18-24-15(2,3)16(4,5)25-18)9-14-13(17(19,20)21)7-6-8-22-14/h6-9H,10H2,1-5H3. The lowest BCUT2D eigenvalue weighted by Gasteiger charge is -2.32. The molecule has 142 valence electrons. The van der Waals surface area contributed by atoms with Crippen LogP contribution in [0.3, 0.4) is 0 Å². The molecule has 26 heavy (non-hydrogen) atoms. The zero-order chi connectivity index (χ0) is 19.8. The minimum atomic E-state index is -4.53. The van der Waals surface area contributed by atoms with Gasteiger partial charge in [0, 0.05) is 18.9 Å². The molecule has 0 bridgehead atoms. The molecule has 1 aliphatic rings. The van der Waals surface area contributed by atoms with Crippen molar-refractivity contribution in [3.05, 3.63) is 35.1 Å². The highest BCUT2D eigenvalue weighted by Gasteiger charge is 2.52. The maximum Gasteiger partial charge on any atom is 0.491 e. The monoisotopic (exact) mass is 387 g/mol. The summed E-state index contributed by atoms with van der Waals surface area (Å²) in [4.78, 5) is 15.2. The number of pyridine rings is 1. The minimum absolute atomic E-state index is 0.149. The Balaban J connectivity index is 2.44. The van der Waals surface area contributed by atoms with Crippen molar-refractivity contribution in [1.29, 1.82) is 0 Å². The van der Waals surface area contributed by atoms with E-state index in [1.54, 1.807) is 0 Å². The Morgan fingerprint density at radius 2 is 1.85 bits per heavy atom. The third kappa shape index (κ3) is 4.69. The average Bonchev–Trinajstić information content (AvgIpc) is 2.71. The largest absolute Gasteiger partial charge is 0.491 e. The molecule has 0 spiro atoms. The zero-order valence-electron chi connectivity index (χ0n) is 15.3. The van der Waals surface area contributed by atoms with E-state index in [9.17, 15) is 18.0 Å². The first-order valence-electron chi connectivity index (χ1n) is 8.05. The average molecular weight is 387 g/mol. The Morgan fingerprint density at radius 1 is 1.27 bits per heavy atom. The van der Waals surface area contributed by atoms with E-state index < -0.39 is 30.1 Å². The van der Waals surface area contributed by atoms with Gasteiger partial charge >= 0.3 is 13.3 Å². The number of hydrogen-bond donors (Lipinski definition) is 0. The van der Waals surface area contributed by atoms with Gasteiger partial charge in [0.1, 0.15) is 0 Å². The Bertz CT molecular complexity index is 703. The van der Waals surface area contributed by atoms with Crippen LogP contribution in [0.1, 0.15) is 45.9 Å². The maximum atomic E-state index is 13.2. The lowest BCUT2D eigenvalue weighted by molar-refractivity contribution is -0.138. The molecule has 0 atom stereocenters. The van der Waals surface area contributed by atoms with E-state index in [0.29, 0.717) is 5.47 Å². The summed E-state index contributed by atoms with van der Waals surface area (Å²) in [6.45, 7) is 8.80. The highest BCUT2D eigenvalue weighted by atomic mass is 32.2. The zero-order valence-corrected chi connectivity index (χ0v) is 16.1. The van der Waals surface area contributed by atoms with E-state index in [0.717, 1.165) is 17.8 Å². The second-order valence-electron chi connectivity index (χ2n) is 7.02. The fraction of sp³-hybridized carbons (Fsp3) is 0.529. The molecule has 0 amide bonds. The van der Waals surface area contributed by atoms with Crippen LogP contribution in [0, 0.1) is 0 Å². The number of thioether (sulfide) groups is 1. The van der Waals surface area contributed by atoms with Crippen molar-refractivity contribution in [3.8, 4) is 0 Å². The Morgan fingerprint density at radius 3 is 2.35 bits per heavy atom. The molecule has 2 rings (SSSR count). The highest BCUT2D eigenvalue weighted by molar-refractivity contribution is 8.13. The van der Waals surface area contributed by atoms with E-state index in [1.165, 1.54) is 25.3 Å². The fourth-order valence-electron chi connectivity index (χ4n) is 2.31. The summed E-state index contributed by atoms with van der Waals surface area (Å²) < 4.78 is 51.6. The summed E-state index contributed by atoms with van der Waals surface area (Å²) in [7, 11) is -0.852. The molecule has 0 N–H and O–H groups in total. The molecule has 0 radical (unpaired) electrons. The molecule has 0 saturated carbocycles. The molecule has 1 fully saturated rings. The predicted octanol–water partition coefficient (Wildman–Crippen LogP) is 4.39. The summed E-state index contributed by atoms with van der Waals surface area (Å²) in [6, 6.07) is 2.21. The van der Waals surface area contributed by atoms with Gasteiger partial charge in [-0.2, -0.15) is 13.2 Å². The molecule has 9 heteroatoms. The van der Waals surface area contributed by atoms with Crippen molar-refractivity contribution < 1.29 is 27.3 Å². The van der Waals surface area contributed by atoms with Gasteiger partial charge in [0.2, 0.25) is 0 Å². The Hall–Kier alpha value is -1.32. The van der Waals surface area contributed by atoms with Crippen molar-refractivity contribution >= 4 is 30.1 Å². The van der Waals surface area contributed by atoms with Crippen LogP contribution in [0.15, 0.2) is 23.8 Å². The summed E-state index contributed by atoms with van der Waals surface area (Å²) in [5.74, 6) is 0.153. The summed E-state index contributed by atoms with van der Waals surface area (Å²) in [5.41, 5.74) is -1.94. The minimum Gasteiger partial charge on any atom is -0.400 e. The third-order valence-corrected chi connectivity index (χ3v) is 5.35. The first-order valence-corrected chi connectivity index (χ1v) is 9.04. The molecule has 1 aliphatic heterocycles. The second kappa shape index (κ2) is 7.36. The maximum absolute atomic E-state index is 13.2. The summed E-state index contributed by atoms with van der Waals surface area (Å²) >= 11 is 0.983. The number of hydrogen-bond acceptors (Lipinski definition) is 5. The van der Waals surface area contributed by atoms with E-state index >= 15 is 0 Å². The number of aromatic nitrogens is 1. The van der Waals surface area contributed by atoms with Crippen LogP contribution in [0.4, 0.5) is 13.2 Å². The van der Waals surface area contributed by atoms with Gasteiger partial charge in [-0.3, -0.25) is 9.78 Å². The summed E-state index contributed by atoms with van der Waals surface area (Å²) in [6.07, 6.45) is -1.93. The first-order chi connectivity index (χ1) is 11.8. The molecule has 1 saturated heterocycles. The molecule has 0 unspecified atom stereocenters. The molecule has 0 aromatic carbocycles. The normalized spacial score (nSPS) is 19.7. The van der Waals surface area contributed by atoms with Crippen LogP contribution in [-0.4, -0.2) is 34.2 Å². The van der Waals surface area contributed by atoms with Crippen LogP contribution in [-0.2, 0) is 20.3 Å². The molecule has 4 nitrogen and oxygen atoms in total. The van der Waals surface area contributed by atoms with Gasteiger partial charge < -0.3 is 9.31 Å². The van der Waals surface area contributed by atoms with Gasteiger partial charge in [-0.05, 0) is 51.4 Å². The quantitative estimate of drug-likeness (QED) is 0.717. The van der Waals surface area contributed by atoms with Crippen molar-refractivity contribution in [3.63, 3.8) is 0 Å². The van der Waals surface area contributed by atoms with Gasteiger partial charge in [0.25, 0.3) is 0 Å². The van der Waals surface area contributed by atoms with Crippen LogP contribution in [0.25, 0.3) is 6.08 Å². The van der Waals surface area contributed by atoms with E-state index in [1.807, 2.05) is 27.7 Å². The van der Waals surface area contributed by atoms with Crippen molar-refractivity contribution in [2.45, 2.75) is 52.0 Å². The van der Waals surface area contributed by atoms with Gasteiger partial charge in [-0.1, -0.05) is 11.8 Å². The Labute approximate surface area is 155 Å². The topological polar surface area (TPSA) is 48.4 Å². The van der Waals surface area contributed by atoms with Crippen molar-refractivity contribution in [1.82, 2.24) is 4.98 Å². The van der Waals surface area contributed by atoms with Crippen LogP contribution < -0.4 is 0 Å². The van der Waals surface area contributed by atoms with Crippen molar-refractivity contribution in [2.75, 3.05) is 5.75 Å². The number of rotatable bonds is 4. The molecule has 0 aliphatic carbocycles. The molecular weight excluding hydrogens is 366 g/mol. The second-order valence-corrected chi connectivity index (χ2v) is 8.17. The van der Waals surface area contributed by atoms with Crippen LogP contribution in [0.5, 0.6) is 0 Å². The summed E-state index contributed by atoms with van der Waals surface area (Å²) in [5, 5.41) is -0.149. The molecule has 2 heterocycles. The number of carbonyl (C=O) groups excluding carboxylic acids is 1. The lowest BCUT2D eigenvalue weighted by Crippen LogP contribution is -2.41. The molecule has 1 aromatic heterocycles. The van der Waals surface area contributed by atoms with Gasteiger partial charge in [0.15, 0.2) is 5.12 Å². The number of nitrogens with zero attached hydrogens (tertiary/aromatic N) is 1. The van der Waals surface area contributed by atoms with Crippen LogP contribution >= 0.6 is 11.8 Å². The SMILES string of the molecule is CC(=O)SCC(=Cc1ncccc1C(F)(F)F)B1OC(C)(C)C(C)(C)O1. The fourth-order valence-corrected chi connectivity index (χ4v) is 2.89. The molecular formula is C17H21BF3NO3S.